The molecule has 0 atom stereocenters. The summed E-state index contributed by atoms with van der Waals surface area (Å²) in [5.41, 5.74) is 16.0. The third-order valence-corrected chi connectivity index (χ3v) is 10.6. The minimum absolute atomic E-state index is 0.0877. The molecule has 45 heavy (non-hydrogen) atoms. The van der Waals surface area contributed by atoms with Crippen molar-refractivity contribution in [2.75, 3.05) is 0 Å². The number of fused-ring (bicyclic) bond motifs is 10. The van der Waals surface area contributed by atoms with E-state index in [9.17, 15) is 0 Å². The Kier molecular flexibility index (Phi) is 4.88. The van der Waals surface area contributed by atoms with E-state index < -0.39 is 0 Å². The van der Waals surface area contributed by atoms with Gasteiger partial charge in [0.25, 0.3) is 0 Å². The molecular formula is C45H30. The summed E-state index contributed by atoms with van der Waals surface area (Å²) in [5, 5.41) is 7.99. The Hall–Kier alpha value is -5.46. The monoisotopic (exact) mass is 570 g/mol. The zero-order valence-corrected chi connectivity index (χ0v) is 25.4. The molecule has 10 rings (SSSR count). The molecular weight excluding hydrogens is 540 g/mol. The van der Waals surface area contributed by atoms with Gasteiger partial charge in [0.2, 0.25) is 0 Å². The molecule has 0 unspecified atom stereocenters. The van der Waals surface area contributed by atoms with Gasteiger partial charge < -0.3 is 0 Å². The van der Waals surface area contributed by atoms with Crippen molar-refractivity contribution in [3.05, 3.63) is 157 Å². The van der Waals surface area contributed by atoms with Crippen LogP contribution in [-0.4, -0.2) is 0 Å². The lowest BCUT2D eigenvalue weighted by Gasteiger charge is -2.23. The highest BCUT2D eigenvalue weighted by atomic mass is 14.4. The zero-order valence-electron chi connectivity index (χ0n) is 25.4. The molecule has 0 spiro atoms. The molecule has 2 aliphatic rings. The Labute approximate surface area is 263 Å². The number of hydrogen-bond donors (Lipinski definition) is 0. The van der Waals surface area contributed by atoms with E-state index in [0.29, 0.717) is 0 Å². The molecule has 0 N–H and O–H groups in total. The Morgan fingerprint density at radius 2 is 0.911 bits per heavy atom. The second-order valence-electron chi connectivity index (χ2n) is 13.2. The minimum Gasteiger partial charge on any atom is -0.0616 e. The Morgan fingerprint density at radius 3 is 1.69 bits per heavy atom. The van der Waals surface area contributed by atoms with Gasteiger partial charge >= 0.3 is 0 Å². The fraction of sp³-hybridized carbons (Fsp3) is 0.0667. The topological polar surface area (TPSA) is 0 Å². The second-order valence-corrected chi connectivity index (χ2v) is 13.2. The summed E-state index contributed by atoms with van der Waals surface area (Å²) in [7, 11) is 0. The van der Waals surface area contributed by atoms with Crippen molar-refractivity contribution >= 4 is 32.3 Å². The first-order valence-electron chi connectivity index (χ1n) is 15.9. The SMILES string of the molecule is CC1(C)c2ccc3ccccc3c2-c2c1cc(-c1ccc(-c3ccc4c5c(cccc35)-c3ccccc3-4)cc1)c1ccccc21. The van der Waals surface area contributed by atoms with Gasteiger partial charge in [-0.25, -0.2) is 0 Å². The highest BCUT2D eigenvalue weighted by Gasteiger charge is 2.38. The fourth-order valence-electron chi connectivity index (χ4n) is 8.47. The van der Waals surface area contributed by atoms with Gasteiger partial charge in [-0.15, -0.1) is 0 Å². The van der Waals surface area contributed by atoms with Gasteiger partial charge in [0.05, 0.1) is 0 Å². The molecule has 0 amide bonds. The van der Waals surface area contributed by atoms with Crippen LogP contribution in [0.2, 0.25) is 0 Å². The second kappa shape index (κ2) is 8.80. The maximum atomic E-state index is 2.48. The maximum absolute atomic E-state index is 2.48. The molecule has 0 saturated carbocycles. The van der Waals surface area contributed by atoms with E-state index in [2.05, 4.69) is 159 Å². The van der Waals surface area contributed by atoms with Crippen LogP contribution >= 0.6 is 0 Å². The molecule has 0 saturated heterocycles. The molecule has 0 bridgehead atoms. The van der Waals surface area contributed by atoms with Gasteiger partial charge in [0.1, 0.15) is 0 Å². The molecule has 8 aromatic carbocycles. The average Bonchev–Trinajstić information content (AvgIpc) is 3.54. The molecule has 210 valence electrons. The van der Waals surface area contributed by atoms with Gasteiger partial charge in [0, 0.05) is 5.41 Å². The highest BCUT2D eigenvalue weighted by Crippen LogP contribution is 2.55. The number of benzene rings is 8. The number of hydrogen-bond acceptors (Lipinski definition) is 0. The molecule has 0 fully saturated rings. The lowest BCUT2D eigenvalue weighted by Crippen LogP contribution is -2.15. The Balaban J connectivity index is 1.15. The first-order chi connectivity index (χ1) is 22.1. The molecule has 0 heteroatoms. The summed E-state index contributed by atoms with van der Waals surface area (Å²) in [4.78, 5) is 0. The predicted molar refractivity (Wildman–Crippen MR) is 192 cm³/mol. The third-order valence-electron chi connectivity index (χ3n) is 10.6. The van der Waals surface area contributed by atoms with Crippen molar-refractivity contribution in [1.82, 2.24) is 0 Å². The smallest absolute Gasteiger partial charge is 0.0159 e. The summed E-state index contributed by atoms with van der Waals surface area (Å²) in [6.07, 6.45) is 0. The van der Waals surface area contributed by atoms with Crippen molar-refractivity contribution in [3.63, 3.8) is 0 Å². The summed E-state index contributed by atoms with van der Waals surface area (Å²) in [6, 6.07) is 54.5. The lowest BCUT2D eigenvalue weighted by molar-refractivity contribution is 0.661. The van der Waals surface area contributed by atoms with Crippen LogP contribution in [0.5, 0.6) is 0 Å². The molecule has 2 aliphatic carbocycles. The van der Waals surface area contributed by atoms with Crippen molar-refractivity contribution in [2.45, 2.75) is 19.3 Å². The predicted octanol–water partition coefficient (Wildman–Crippen LogP) is 12.4. The van der Waals surface area contributed by atoms with Gasteiger partial charge in [-0.2, -0.15) is 0 Å². The van der Waals surface area contributed by atoms with Crippen molar-refractivity contribution in [3.8, 4) is 55.6 Å². The zero-order chi connectivity index (χ0) is 29.9. The molecule has 0 nitrogen and oxygen atoms in total. The van der Waals surface area contributed by atoms with Crippen LogP contribution in [0.4, 0.5) is 0 Å². The standard InChI is InChI=1S/C45H30/c1-45(2)40-25-22-27-10-3-4-11-31(27)43(40)44-37-15-8-7-14-34(37)39(26-41(44)45)29-20-18-28(19-21-29)30-23-24-38-33-13-6-5-12-32(33)36-17-9-16-35(30)42(36)38/h3-26H,1-2H3. The van der Waals surface area contributed by atoms with Gasteiger partial charge in [-0.1, -0.05) is 153 Å². The van der Waals surface area contributed by atoms with Crippen molar-refractivity contribution < 1.29 is 0 Å². The van der Waals surface area contributed by atoms with E-state index in [4.69, 9.17) is 0 Å². The van der Waals surface area contributed by atoms with Gasteiger partial charge in [0.15, 0.2) is 0 Å². The molecule has 0 radical (unpaired) electrons. The summed E-state index contributed by atoms with van der Waals surface area (Å²) < 4.78 is 0. The first-order valence-corrected chi connectivity index (χ1v) is 15.9. The summed E-state index contributed by atoms with van der Waals surface area (Å²) in [5.74, 6) is 0. The van der Waals surface area contributed by atoms with Crippen molar-refractivity contribution in [2.24, 2.45) is 0 Å². The molecule has 8 aromatic rings. The van der Waals surface area contributed by atoms with Crippen LogP contribution in [0.3, 0.4) is 0 Å². The van der Waals surface area contributed by atoms with E-state index in [-0.39, 0.29) is 5.41 Å². The van der Waals surface area contributed by atoms with Gasteiger partial charge in [-0.05, 0) is 105 Å². The van der Waals surface area contributed by atoms with E-state index in [1.54, 1.807) is 0 Å². The van der Waals surface area contributed by atoms with E-state index in [1.165, 1.54) is 99.1 Å². The Bertz CT molecular complexity index is 2510. The minimum atomic E-state index is -0.0877. The molecule has 0 aliphatic heterocycles. The molecule has 0 aromatic heterocycles. The Morgan fingerprint density at radius 1 is 0.356 bits per heavy atom. The normalized spacial score (nSPS) is 13.7. The summed E-state index contributed by atoms with van der Waals surface area (Å²) >= 11 is 0. The van der Waals surface area contributed by atoms with Crippen molar-refractivity contribution in [1.29, 1.82) is 0 Å². The van der Waals surface area contributed by atoms with E-state index >= 15 is 0 Å². The average molecular weight is 571 g/mol. The lowest BCUT2D eigenvalue weighted by atomic mass is 9.80. The highest BCUT2D eigenvalue weighted by molar-refractivity contribution is 6.19. The van der Waals surface area contributed by atoms with E-state index in [1.807, 2.05) is 0 Å². The largest absolute Gasteiger partial charge is 0.0616 e. The van der Waals surface area contributed by atoms with Crippen LogP contribution in [0.15, 0.2) is 146 Å². The van der Waals surface area contributed by atoms with Gasteiger partial charge in [-0.3, -0.25) is 0 Å². The van der Waals surface area contributed by atoms with E-state index in [0.717, 1.165) is 0 Å². The van der Waals surface area contributed by atoms with Crippen LogP contribution in [0, 0.1) is 0 Å². The molecule has 0 heterocycles. The van der Waals surface area contributed by atoms with Crippen LogP contribution < -0.4 is 0 Å². The fourth-order valence-corrected chi connectivity index (χ4v) is 8.47. The number of rotatable bonds is 2. The summed E-state index contributed by atoms with van der Waals surface area (Å²) in [6.45, 7) is 4.78. The third kappa shape index (κ3) is 3.27. The van der Waals surface area contributed by atoms with Crippen LogP contribution in [0.1, 0.15) is 25.0 Å². The first kappa shape index (κ1) is 24.9. The maximum Gasteiger partial charge on any atom is 0.0159 e. The van der Waals surface area contributed by atoms with Crippen LogP contribution in [0.25, 0.3) is 88.0 Å². The quantitative estimate of drug-likeness (QED) is 0.194. The van der Waals surface area contributed by atoms with Crippen LogP contribution in [-0.2, 0) is 5.41 Å².